The molecule has 0 spiro atoms. The first-order chi connectivity index (χ1) is 14.0. The van der Waals surface area contributed by atoms with E-state index in [1.165, 1.54) is 0 Å². The highest BCUT2D eigenvalue weighted by atomic mass is 16.7. The fraction of sp³-hybridized carbons (Fsp3) is 0.727. The van der Waals surface area contributed by atoms with Crippen molar-refractivity contribution in [2.24, 2.45) is 5.41 Å². The van der Waals surface area contributed by atoms with Crippen molar-refractivity contribution in [2.75, 3.05) is 33.6 Å². The average Bonchev–Trinajstić information content (AvgIpc) is 2.75. The van der Waals surface area contributed by atoms with Crippen molar-refractivity contribution in [3.05, 3.63) is 24.3 Å². The molecular weight excluding hydrogens is 374 g/mol. The Morgan fingerprint density at radius 3 is 2.62 bits per heavy atom. The van der Waals surface area contributed by atoms with Gasteiger partial charge in [-0.1, -0.05) is 44.1 Å². The number of carboxylic acid groups (broad SMARTS) is 1. The van der Waals surface area contributed by atoms with Crippen LogP contribution in [-0.4, -0.2) is 67.7 Å². The second kappa shape index (κ2) is 12.1. The number of hydrogen-bond acceptors (Lipinski definition) is 5. The Labute approximate surface area is 173 Å². The van der Waals surface area contributed by atoms with Crippen molar-refractivity contribution in [3.8, 4) is 0 Å². The van der Waals surface area contributed by atoms with Crippen LogP contribution >= 0.6 is 0 Å². The molecule has 1 amide bonds. The second-order valence-electron chi connectivity index (χ2n) is 7.80. The highest BCUT2D eigenvalue weighted by Crippen LogP contribution is 2.35. The zero-order valence-corrected chi connectivity index (χ0v) is 17.7. The number of piperidine rings is 1. The van der Waals surface area contributed by atoms with E-state index < -0.39 is 17.5 Å². The van der Waals surface area contributed by atoms with E-state index in [9.17, 15) is 14.7 Å². The van der Waals surface area contributed by atoms with Gasteiger partial charge >= 0.3 is 5.97 Å². The number of ether oxygens (including phenoxy) is 3. The highest BCUT2D eigenvalue weighted by molar-refractivity contribution is 5.85. The summed E-state index contributed by atoms with van der Waals surface area (Å²) in [6.45, 7) is 3.85. The van der Waals surface area contributed by atoms with Crippen LogP contribution in [0.25, 0.3) is 0 Å². The molecule has 2 atom stereocenters. The van der Waals surface area contributed by atoms with Crippen LogP contribution in [0.2, 0.25) is 0 Å². The summed E-state index contributed by atoms with van der Waals surface area (Å²) < 4.78 is 16.2. The van der Waals surface area contributed by atoms with Gasteiger partial charge in [-0.3, -0.25) is 4.79 Å². The zero-order chi connectivity index (χ0) is 21.1. The average molecular weight is 410 g/mol. The summed E-state index contributed by atoms with van der Waals surface area (Å²) in [6.07, 6.45) is 12.0. The second-order valence-corrected chi connectivity index (χ2v) is 7.80. The predicted molar refractivity (Wildman–Crippen MR) is 109 cm³/mol. The molecule has 1 N–H and O–H groups in total. The number of likely N-dealkylation sites (tertiary alicyclic amines) is 1. The number of hydrogen-bond donors (Lipinski definition) is 1. The molecule has 1 aliphatic carbocycles. The van der Waals surface area contributed by atoms with E-state index in [0.717, 1.165) is 25.7 Å². The maximum Gasteiger partial charge on any atom is 0.332 e. The maximum absolute atomic E-state index is 13.4. The lowest BCUT2D eigenvalue weighted by atomic mass is 9.77. The minimum Gasteiger partial charge on any atom is -0.479 e. The minimum atomic E-state index is -0.934. The summed E-state index contributed by atoms with van der Waals surface area (Å²) in [4.78, 5) is 26.7. The van der Waals surface area contributed by atoms with Crippen molar-refractivity contribution in [2.45, 2.75) is 64.1 Å². The molecule has 1 heterocycles. The molecule has 1 aliphatic heterocycles. The SMILES string of the molecule is CCCC[C@H](OCC[C@]1(C(=O)N2CCC(OCOC)CC2)C=CC=CC1)C(=O)O. The first-order valence-electron chi connectivity index (χ1n) is 10.6. The van der Waals surface area contributed by atoms with Gasteiger partial charge in [0.05, 0.1) is 11.5 Å². The number of rotatable bonds is 12. The Balaban J connectivity index is 1.94. The molecule has 0 bridgehead atoms. The maximum atomic E-state index is 13.4. The Kier molecular flexibility index (Phi) is 9.84. The molecule has 0 unspecified atom stereocenters. The van der Waals surface area contributed by atoms with Gasteiger partial charge in [0.1, 0.15) is 6.79 Å². The topological polar surface area (TPSA) is 85.3 Å². The van der Waals surface area contributed by atoms with Crippen LogP contribution < -0.4 is 0 Å². The van der Waals surface area contributed by atoms with E-state index in [0.29, 0.717) is 32.4 Å². The molecular formula is C22H35NO6. The number of amides is 1. The van der Waals surface area contributed by atoms with Gasteiger partial charge in [-0.25, -0.2) is 4.79 Å². The molecule has 0 radical (unpaired) electrons. The van der Waals surface area contributed by atoms with Crippen LogP contribution in [0.1, 0.15) is 51.9 Å². The molecule has 7 nitrogen and oxygen atoms in total. The lowest BCUT2D eigenvalue weighted by Gasteiger charge is -2.39. The van der Waals surface area contributed by atoms with Crippen molar-refractivity contribution in [1.29, 1.82) is 0 Å². The van der Waals surface area contributed by atoms with Gasteiger partial charge in [0.25, 0.3) is 0 Å². The summed E-state index contributed by atoms with van der Waals surface area (Å²) in [7, 11) is 1.60. The van der Waals surface area contributed by atoms with Gasteiger partial charge in [0, 0.05) is 26.8 Å². The Bertz CT molecular complexity index is 582. The van der Waals surface area contributed by atoms with Gasteiger partial charge in [-0.15, -0.1) is 0 Å². The van der Waals surface area contributed by atoms with Crippen molar-refractivity contribution < 1.29 is 28.9 Å². The molecule has 29 heavy (non-hydrogen) atoms. The summed E-state index contributed by atoms with van der Waals surface area (Å²) in [6, 6.07) is 0. The quantitative estimate of drug-likeness (QED) is 0.499. The highest BCUT2D eigenvalue weighted by Gasteiger charge is 2.40. The first-order valence-corrected chi connectivity index (χ1v) is 10.6. The number of allylic oxidation sites excluding steroid dienone is 3. The van der Waals surface area contributed by atoms with Crippen LogP contribution in [0.15, 0.2) is 24.3 Å². The zero-order valence-electron chi connectivity index (χ0n) is 17.7. The predicted octanol–water partition coefficient (Wildman–Crippen LogP) is 3.15. The summed E-state index contributed by atoms with van der Waals surface area (Å²) in [5.74, 6) is -0.844. The van der Waals surface area contributed by atoms with Gasteiger partial charge in [0.15, 0.2) is 6.10 Å². The van der Waals surface area contributed by atoms with Gasteiger partial charge in [-0.05, 0) is 32.1 Å². The molecule has 2 rings (SSSR count). The number of aliphatic carboxylic acids is 1. The third-order valence-corrected chi connectivity index (χ3v) is 5.68. The number of carbonyl (C=O) groups excluding carboxylic acids is 1. The molecule has 7 heteroatoms. The first kappa shape index (κ1) is 23.6. The van der Waals surface area contributed by atoms with Crippen LogP contribution in [0.5, 0.6) is 0 Å². The van der Waals surface area contributed by atoms with Crippen molar-refractivity contribution >= 4 is 11.9 Å². The van der Waals surface area contributed by atoms with Crippen LogP contribution in [0.3, 0.4) is 0 Å². The monoisotopic (exact) mass is 409 g/mol. The van der Waals surface area contributed by atoms with Crippen LogP contribution in [0, 0.1) is 5.41 Å². The number of methoxy groups -OCH3 is 1. The van der Waals surface area contributed by atoms with E-state index in [1.54, 1.807) is 7.11 Å². The van der Waals surface area contributed by atoms with E-state index in [1.807, 2.05) is 36.1 Å². The standard InChI is InChI=1S/C22H35NO6/c1-3-4-8-19(20(24)25)28-16-13-22(11-6-5-7-12-22)21(26)23-14-9-18(10-15-23)29-17-27-2/h5-7,11,18-19H,3-4,8-10,12-17H2,1-2H3,(H,24,25)/t19-,22-/m0/s1. The van der Waals surface area contributed by atoms with Gasteiger partial charge in [-0.2, -0.15) is 0 Å². The van der Waals surface area contributed by atoms with Crippen molar-refractivity contribution in [1.82, 2.24) is 4.90 Å². The van der Waals surface area contributed by atoms with E-state index >= 15 is 0 Å². The van der Waals surface area contributed by atoms with Gasteiger partial charge in [0.2, 0.25) is 5.91 Å². The van der Waals surface area contributed by atoms with Crippen molar-refractivity contribution in [3.63, 3.8) is 0 Å². The molecule has 0 aromatic carbocycles. The Morgan fingerprint density at radius 2 is 2.03 bits per heavy atom. The normalized spacial score (nSPS) is 23.3. The fourth-order valence-corrected chi connectivity index (χ4v) is 3.87. The van der Waals surface area contributed by atoms with E-state index in [-0.39, 0.29) is 25.4 Å². The van der Waals surface area contributed by atoms with Crippen LogP contribution in [-0.2, 0) is 23.8 Å². The smallest absolute Gasteiger partial charge is 0.332 e. The molecule has 0 saturated carbocycles. The molecule has 2 aliphatic rings. The molecule has 164 valence electrons. The number of nitrogens with zero attached hydrogens (tertiary/aromatic N) is 1. The molecule has 1 saturated heterocycles. The van der Waals surface area contributed by atoms with E-state index in [4.69, 9.17) is 14.2 Å². The molecule has 1 fully saturated rings. The third kappa shape index (κ3) is 6.94. The van der Waals surface area contributed by atoms with E-state index in [2.05, 4.69) is 0 Å². The summed E-state index contributed by atoms with van der Waals surface area (Å²) in [5, 5.41) is 9.35. The number of unbranched alkanes of at least 4 members (excludes halogenated alkanes) is 1. The lowest BCUT2D eigenvalue weighted by Crippen LogP contribution is -2.48. The minimum absolute atomic E-state index is 0.0901. The lowest BCUT2D eigenvalue weighted by molar-refractivity contribution is -0.152. The molecule has 0 aromatic heterocycles. The summed E-state index contributed by atoms with van der Waals surface area (Å²) in [5.41, 5.74) is -0.664. The largest absolute Gasteiger partial charge is 0.479 e. The fourth-order valence-electron chi connectivity index (χ4n) is 3.87. The summed E-state index contributed by atoms with van der Waals surface area (Å²) >= 11 is 0. The third-order valence-electron chi connectivity index (χ3n) is 5.68. The van der Waals surface area contributed by atoms with Crippen LogP contribution in [0.4, 0.5) is 0 Å². The molecule has 0 aromatic rings. The Morgan fingerprint density at radius 1 is 1.28 bits per heavy atom. The Hall–Kier alpha value is -1.70. The van der Waals surface area contributed by atoms with Gasteiger partial charge < -0.3 is 24.2 Å². The number of carbonyl (C=O) groups is 2. The number of carboxylic acids is 1.